The highest BCUT2D eigenvalue weighted by Crippen LogP contribution is 2.23. The molecule has 1 atom stereocenters. The lowest BCUT2D eigenvalue weighted by Gasteiger charge is -2.24. The molecule has 0 amide bonds. The molecule has 148 valence electrons. The van der Waals surface area contributed by atoms with E-state index in [0.29, 0.717) is 0 Å². The fourth-order valence-corrected chi connectivity index (χ4v) is 3.44. The van der Waals surface area contributed by atoms with E-state index in [0.717, 1.165) is 31.5 Å². The van der Waals surface area contributed by atoms with Gasteiger partial charge in [0.15, 0.2) is 5.96 Å². The number of guanidine groups is 1. The van der Waals surface area contributed by atoms with Gasteiger partial charge >= 0.3 is 0 Å². The van der Waals surface area contributed by atoms with Crippen molar-refractivity contribution in [3.63, 3.8) is 0 Å². The number of nitrogens with zero attached hydrogens (tertiary/aromatic N) is 2. The number of benzene rings is 1. The number of hydrogen-bond donors (Lipinski definition) is 2. The van der Waals surface area contributed by atoms with E-state index >= 15 is 0 Å². The van der Waals surface area contributed by atoms with Crippen LogP contribution in [0.5, 0.6) is 0 Å². The summed E-state index contributed by atoms with van der Waals surface area (Å²) in [6, 6.07) is 10.7. The first-order valence-electron chi connectivity index (χ1n) is 9.85. The SMILES string of the molecule is CCCN1CCC(CNC(=NCC(C)(C)c2ccccc2)NCC)C1.I. The molecule has 0 spiro atoms. The maximum absolute atomic E-state index is 4.86. The van der Waals surface area contributed by atoms with Gasteiger partial charge in [0.2, 0.25) is 0 Å². The second-order valence-corrected chi connectivity index (χ2v) is 7.78. The van der Waals surface area contributed by atoms with Gasteiger partial charge in [0.05, 0.1) is 6.54 Å². The number of rotatable bonds is 8. The molecule has 1 unspecified atom stereocenters. The zero-order valence-electron chi connectivity index (χ0n) is 16.9. The van der Waals surface area contributed by atoms with E-state index in [9.17, 15) is 0 Å². The van der Waals surface area contributed by atoms with Crippen molar-refractivity contribution >= 4 is 29.9 Å². The normalized spacial score (nSPS) is 18.5. The second kappa shape index (κ2) is 11.8. The number of nitrogens with one attached hydrogen (secondary N) is 2. The van der Waals surface area contributed by atoms with Crippen LogP contribution in [0.2, 0.25) is 0 Å². The molecule has 26 heavy (non-hydrogen) atoms. The average molecular weight is 472 g/mol. The molecule has 4 nitrogen and oxygen atoms in total. The van der Waals surface area contributed by atoms with E-state index in [1.54, 1.807) is 0 Å². The fourth-order valence-electron chi connectivity index (χ4n) is 3.44. The summed E-state index contributed by atoms with van der Waals surface area (Å²) in [6.45, 7) is 15.3. The molecular formula is C21H37IN4. The molecule has 0 aliphatic carbocycles. The Balaban J connectivity index is 0.00000338. The van der Waals surface area contributed by atoms with Gasteiger partial charge < -0.3 is 15.5 Å². The van der Waals surface area contributed by atoms with Crippen molar-refractivity contribution in [2.75, 3.05) is 39.3 Å². The van der Waals surface area contributed by atoms with Gasteiger partial charge in [0.25, 0.3) is 0 Å². The lowest BCUT2D eigenvalue weighted by Crippen LogP contribution is -2.41. The van der Waals surface area contributed by atoms with Gasteiger partial charge in [-0.2, -0.15) is 0 Å². The predicted molar refractivity (Wildman–Crippen MR) is 124 cm³/mol. The molecule has 5 heteroatoms. The zero-order valence-corrected chi connectivity index (χ0v) is 19.3. The maximum Gasteiger partial charge on any atom is 0.191 e. The Kier molecular flexibility index (Phi) is 10.5. The summed E-state index contributed by atoms with van der Waals surface area (Å²) in [7, 11) is 0. The van der Waals surface area contributed by atoms with Crippen molar-refractivity contribution in [1.29, 1.82) is 0 Å². The van der Waals surface area contributed by atoms with Crippen LogP contribution in [0, 0.1) is 5.92 Å². The number of hydrogen-bond acceptors (Lipinski definition) is 2. The molecule has 2 rings (SSSR count). The minimum absolute atomic E-state index is 0. The number of aliphatic imine (C=N–C) groups is 1. The van der Waals surface area contributed by atoms with Crippen LogP contribution in [0.25, 0.3) is 0 Å². The quantitative estimate of drug-likeness (QED) is 0.343. The van der Waals surface area contributed by atoms with Crippen LogP contribution in [0.1, 0.15) is 46.1 Å². The third kappa shape index (κ3) is 7.43. The monoisotopic (exact) mass is 472 g/mol. The molecule has 1 fully saturated rings. The van der Waals surface area contributed by atoms with E-state index < -0.39 is 0 Å². The molecule has 0 aromatic heterocycles. The van der Waals surface area contributed by atoms with Crippen LogP contribution in [-0.4, -0.2) is 50.1 Å². The van der Waals surface area contributed by atoms with Gasteiger partial charge in [-0.1, -0.05) is 51.1 Å². The van der Waals surface area contributed by atoms with Gasteiger partial charge in [-0.05, 0) is 44.3 Å². The average Bonchev–Trinajstić information content (AvgIpc) is 3.06. The molecule has 1 aromatic carbocycles. The molecule has 1 aromatic rings. The summed E-state index contributed by atoms with van der Waals surface area (Å²) in [5.74, 6) is 1.68. The maximum atomic E-state index is 4.86. The summed E-state index contributed by atoms with van der Waals surface area (Å²) >= 11 is 0. The Morgan fingerprint density at radius 3 is 2.58 bits per heavy atom. The van der Waals surface area contributed by atoms with Gasteiger partial charge in [-0.15, -0.1) is 24.0 Å². The first-order chi connectivity index (χ1) is 12.0. The Labute approximate surface area is 177 Å². The van der Waals surface area contributed by atoms with Crippen LogP contribution < -0.4 is 10.6 Å². The molecule has 1 saturated heterocycles. The fraction of sp³-hybridized carbons (Fsp3) is 0.667. The van der Waals surface area contributed by atoms with Crippen LogP contribution in [0.3, 0.4) is 0 Å². The molecule has 1 heterocycles. The highest BCUT2D eigenvalue weighted by atomic mass is 127. The largest absolute Gasteiger partial charge is 0.357 e. The molecule has 1 aliphatic heterocycles. The zero-order chi connectivity index (χ0) is 18.1. The Hall–Kier alpha value is -0.820. The van der Waals surface area contributed by atoms with Gasteiger partial charge in [-0.3, -0.25) is 4.99 Å². The third-order valence-corrected chi connectivity index (χ3v) is 5.00. The smallest absolute Gasteiger partial charge is 0.191 e. The molecule has 0 radical (unpaired) electrons. The minimum atomic E-state index is 0. The Morgan fingerprint density at radius 1 is 1.19 bits per heavy atom. The molecule has 0 saturated carbocycles. The van der Waals surface area contributed by atoms with Crippen molar-refractivity contribution in [3.8, 4) is 0 Å². The first kappa shape index (κ1) is 23.2. The molecule has 0 bridgehead atoms. The van der Waals surface area contributed by atoms with E-state index in [4.69, 9.17) is 4.99 Å². The highest BCUT2D eigenvalue weighted by molar-refractivity contribution is 14.0. The van der Waals surface area contributed by atoms with Gasteiger partial charge in [-0.25, -0.2) is 0 Å². The lowest BCUT2D eigenvalue weighted by molar-refractivity contribution is 0.324. The van der Waals surface area contributed by atoms with Crippen molar-refractivity contribution < 1.29 is 0 Å². The highest BCUT2D eigenvalue weighted by Gasteiger charge is 2.22. The standard InChI is InChI=1S/C21H36N4.HI/c1-5-13-25-14-12-18(16-25)15-23-20(22-6-2)24-17-21(3,4)19-10-8-7-9-11-19;/h7-11,18H,5-6,12-17H2,1-4H3,(H2,22,23,24);1H. The number of halogens is 1. The number of likely N-dealkylation sites (tertiary alicyclic amines) is 1. The van der Waals surface area contributed by atoms with Crippen molar-refractivity contribution in [1.82, 2.24) is 15.5 Å². The molecule has 1 aliphatic rings. The van der Waals surface area contributed by atoms with Crippen LogP contribution in [0.15, 0.2) is 35.3 Å². The minimum Gasteiger partial charge on any atom is -0.357 e. The molecular weight excluding hydrogens is 435 g/mol. The van der Waals surface area contributed by atoms with Gasteiger partial charge in [0, 0.05) is 25.0 Å². The topological polar surface area (TPSA) is 39.7 Å². The summed E-state index contributed by atoms with van der Waals surface area (Å²) in [6.07, 6.45) is 2.54. The summed E-state index contributed by atoms with van der Waals surface area (Å²) in [4.78, 5) is 7.44. The molecule has 2 N–H and O–H groups in total. The van der Waals surface area contributed by atoms with Gasteiger partial charge in [0.1, 0.15) is 0 Å². The second-order valence-electron chi connectivity index (χ2n) is 7.78. The predicted octanol–water partition coefficient (Wildman–Crippen LogP) is 3.87. The van der Waals surface area contributed by atoms with Crippen LogP contribution in [0.4, 0.5) is 0 Å². The lowest BCUT2D eigenvalue weighted by atomic mass is 9.85. The third-order valence-electron chi connectivity index (χ3n) is 5.00. The van der Waals surface area contributed by atoms with Crippen LogP contribution >= 0.6 is 24.0 Å². The van der Waals surface area contributed by atoms with Crippen molar-refractivity contribution in [2.45, 2.75) is 46.0 Å². The Bertz CT molecular complexity index is 530. The van der Waals surface area contributed by atoms with Crippen molar-refractivity contribution in [3.05, 3.63) is 35.9 Å². The summed E-state index contributed by atoms with van der Waals surface area (Å²) in [5, 5.41) is 6.95. The van der Waals surface area contributed by atoms with E-state index in [-0.39, 0.29) is 29.4 Å². The van der Waals surface area contributed by atoms with E-state index in [1.165, 1.54) is 38.0 Å². The van der Waals surface area contributed by atoms with Crippen molar-refractivity contribution in [2.24, 2.45) is 10.9 Å². The van der Waals surface area contributed by atoms with E-state index in [1.807, 2.05) is 0 Å². The van der Waals surface area contributed by atoms with E-state index in [2.05, 4.69) is 73.6 Å². The Morgan fingerprint density at radius 2 is 1.92 bits per heavy atom. The first-order valence-corrected chi connectivity index (χ1v) is 9.85. The summed E-state index contributed by atoms with van der Waals surface area (Å²) < 4.78 is 0. The van der Waals surface area contributed by atoms with Crippen LogP contribution in [-0.2, 0) is 5.41 Å². The summed E-state index contributed by atoms with van der Waals surface area (Å²) in [5.41, 5.74) is 1.37.